The quantitative estimate of drug-likeness (QED) is 0.743. The van der Waals surface area contributed by atoms with Crippen LogP contribution in [0.2, 0.25) is 0 Å². The zero-order chi connectivity index (χ0) is 18.6. The van der Waals surface area contributed by atoms with Crippen molar-refractivity contribution in [2.45, 2.75) is 45.3 Å². The summed E-state index contributed by atoms with van der Waals surface area (Å²) in [7, 11) is 0. The van der Waals surface area contributed by atoms with Crippen LogP contribution < -0.4 is 0 Å². The van der Waals surface area contributed by atoms with Crippen molar-refractivity contribution in [2.24, 2.45) is 0 Å². The summed E-state index contributed by atoms with van der Waals surface area (Å²) in [6, 6.07) is 0. The van der Waals surface area contributed by atoms with Crippen LogP contribution in [0.4, 0.5) is 0 Å². The summed E-state index contributed by atoms with van der Waals surface area (Å²) in [5.41, 5.74) is 0.460. The molecule has 0 aliphatic carbocycles. The summed E-state index contributed by atoms with van der Waals surface area (Å²) in [6.45, 7) is 7.06. The first kappa shape index (κ1) is 18.6. The molecule has 2 aliphatic heterocycles. The molecule has 0 N–H and O–H groups in total. The van der Waals surface area contributed by atoms with Gasteiger partial charge in [-0.1, -0.05) is 13.0 Å². The Hall–Kier alpha value is -2.22. The highest BCUT2D eigenvalue weighted by Gasteiger charge is 2.41. The molecule has 8 nitrogen and oxygen atoms in total. The topological polar surface area (TPSA) is 80.6 Å². The number of hydrogen-bond donors (Lipinski definition) is 0. The molecular formula is C18H27N5O3. The van der Waals surface area contributed by atoms with Crippen LogP contribution >= 0.6 is 0 Å². The number of allylic oxidation sites excluding steroid dienone is 1. The van der Waals surface area contributed by atoms with Crippen molar-refractivity contribution in [3.05, 3.63) is 24.0 Å². The molecule has 1 aromatic heterocycles. The average molecular weight is 361 g/mol. The lowest BCUT2D eigenvalue weighted by atomic mass is 9.89. The molecule has 0 unspecified atom stereocenters. The summed E-state index contributed by atoms with van der Waals surface area (Å²) < 4.78 is 6.07. The zero-order valence-corrected chi connectivity index (χ0v) is 15.6. The number of likely N-dealkylation sites (tertiary alicyclic amines) is 1. The fourth-order valence-corrected chi connectivity index (χ4v) is 3.67. The van der Waals surface area contributed by atoms with Crippen molar-refractivity contribution >= 4 is 11.8 Å². The predicted octanol–water partition coefficient (Wildman–Crippen LogP) is 0.854. The highest BCUT2D eigenvalue weighted by Crippen LogP contribution is 2.30. The molecule has 3 heterocycles. The summed E-state index contributed by atoms with van der Waals surface area (Å²) in [5.74, 6) is 0.110. The molecule has 8 heteroatoms. The number of piperidine rings is 1. The number of rotatable bonds is 4. The van der Waals surface area contributed by atoms with E-state index < -0.39 is 0 Å². The third kappa shape index (κ3) is 4.12. The maximum Gasteiger partial charge on any atom is 0.249 e. The number of morpholine rings is 1. The maximum absolute atomic E-state index is 12.5. The van der Waals surface area contributed by atoms with Gasteiger partial charge in [0.05, 0.1) is 24.6 Å². The van der Waals surface area contributed by atoms with Gasteiger partial charge in [-0.15, -0.1) is 0 Å². The van der Waals surface area contributed by atoms with Gasteiger partial charge in [-0.25, -0.2) is 0 Å². The first-order chi connectivity index (χ1) is 12.5. The summed E-state index contributed by atoms with van der Waals surface area (Å²) in [5, 5.41) is 7.99. The number of ether oxygens (including phenoxy) is 1. The lowest BCUT2D eigenvalue weighted by Crippen LogP contribution is -2.59. The van der Waals surface area contributed by atoms with E-state index >= 15 is 0 Å². The van der Waals surface area contributed by atoms with Crippen molar-refractivity contribution in [3.8, 4) is 0 Å². The minimum Gasteiger partial charge on any atom is -0.371 e. The zero-order valence-electron chi connectivity index (χ0n) is 15.6. The first-order valence-corrected chi connectivity index (χ1v) is 9.25. The van der Waals surface area contributed by atoms with E-state index in [9.17, 15) is 9.59 Å². The second-order valence-electron chi connectivity index (χ2n) is 6.99. The molecule has 1 spiro atoms. The smallest absolute Gasteiger partial charge is 0.249 e. The number of aromatic nitrogens is 3. The molecule has 2 saturated heterocycles. The number of carbonyl (C=O) groups is 2. The average Bonchev–Trinajstić information content (AvgIpc) is 3.15. The SMILES string of the molecule is CC/C=C(\C)C(=O)N1CCC2(CC1)CN(C(=O)Cn1nccn1)CCO2. The molecule has 2 fully saturated rings. The second-order valence-corrected chi connectivity index (χ2v) is 6.99. The number of carbonyl (C=O) groups excluding carboxylic acids is 2. The van der Waals surface area contributed by atoms with Crippen molar-refractivity contribution < 1.29 is 14.3 Å². The van der Waals surface area contributed by atoms with Gasteiger partial charge in [0.2, 0.25) is 11.8 Å². The van der Waals surface area contributed by atoms with Crippen LogP contribution in [0.25, 0.3) is 0 Å². The lowest BCUT2D eigenvalue weighted by molar-refractivity contribution is -0.163. The lowest BCUT2D eigenvalue weighted by Gasteiger charge is -2.47. The van der Waals surface area contributed by atoms with Gasteiger partial charge < -0.3 is 14.5 Å². The number of nitrogens with zero attached hydrogens (tertiary/aromatic N) is 5. The minimum absolute atomic E-state index is 0.00380. The van der Waals surface area contributed by atoms with E-state index in [1.165, 1.54) is 4.80 Å². The van der Waals surface area contributed by atoms with Gasteiger partial charge in [-0.2, -0.15) is 15.0 Å². The third-order valence-electron chi connectivity index (χ3n) is 5.15. The molecule has 0 bridgehead atoms. The minimum atomic E-state index is -0.343. The standard InChI is InChI=1S/C18H27N5O3/c1-3-4-15(2)17(25)21-9-5-18(6-10-21)14-22(11-12-26-18)16(24)13-23-19-7-8-20-23/h4,7-8H,3,5-6,9-14H2,1-2H3/b15-4+. The largest absolute Gasteiger partial charge is 0.371 e. The highest BCUT2D eigenvalue weighted by atomic mass is 16.5. The Kier molecular flexibility index (Phi) is 5.70. The van der Waals surface area contributed by atoms with Crippen molar-refractivity contribution in [1.82, 2.24) is 24.8 Å². The van der Waals surface area contributed by atoms with Gasteiger partial charge in [0, 0.05) is 31.8 Å². The summed E-state index contributed by atoms with van der Waals surface area (Å²) >= 11 is 0. The first-order valence-electron chi connectivity index (χ1n) is 9.25. The van der Waals surface area contributed by atoms with Gasteiger partial charge in [-0.05, 0) is 26.2 Å². The Morgan fingerprint density at radius 1 is 1.15 bits per heavy atom. The molecule has 0 aromatic carbocycles. The monoisotopic (exact) mass is 361 g/mol. The Morgan fingerprint density at radius 3 is 2.50 bits per heavy atom. The maximum atomic E-state index is 12.5. The van der Waals surface area contributed by atoms with Crippen LogP contribution in [0.1, 0.15) is 33.1 Å². The predicted molar refractivity (Wildman–Crippen MR) is 95.1 cm³/mol. The molecule has 1 aromatic rings. The van der Waals surface area contributed by atoms with Crippen molar-refractivity contribution in [1.29, 1.82) is 0 Å². The molecule has 2 amide bonds. The molecule has 0 saturated carbocycles. The fourth-order valence-electron chi connectivity index (χ4n) is 3.67. The van der Waals surface area contributed by atoms with Crippen LogP contribution in [0.3, 0.4) is 0 Å². The molecule has 0 atom stereocenters. The van der Waals surface area contributed by atoms with Gasteiger partial charge in [0.25, 0.3) is 0 Å². The van der Waals surface area contributed by atoms with E-state index in [4.69, 9.17) is 4.74 Å². The Morgan fingerprint density at radius 2 is 1.85 bits per heavy atom. The molecule has 0 radical (unpaired) electrons. The van der Waals surface area contributed by atoms with Crippen LogP contribution in [-0.4, -0.2) is 75.0 Å². The van der Waals surface area contributed by atoms with Crippen LogP contribution in [-0.2, 0) is 20.9 Å². The highest BCUT2D eigenvalue weighted by molar-refractivity contribution is 5.92. The van der Waals surface area contributed by atoms with Gasteiger partial charge in [0.1, 0.15) is 6.54 Å². The molecule has 142 valence electrons. The second kappa shape index (κ2) is 7.99. The van der Waals surface area contributed by atoms with E-state index in [-0.39, 0.29) is 24.0 Å². The summed E-state index contributed by atoms with van der Waals surface area (Å²) in [6.07, 6.45) is 7.46. The van der Waals surface area contributed by atoms with Crippen molar-refractivity contribution in [2.75, 3.05) is 32.8 Å². The van der Waals surface area contributed by atoms with Crippen LogP contribution in [0.15, 0.2) is 24.0 Å². The van der Waals surface area contributed by atoms with Crippen LogP contribution in [0.5, 0.6) is 0 Å². The van der Waals surface area contributed by atoms with Crippen LogP contribution in [0, 0.1) is 0 Å². The number of amides is 2. The number of hydrogen-bond acceptors (Lipinski definition) is 5. The van der Waals surface area contributed by atoms with Gasteiger partial charge in [-0.3, -0.25) is 9.59 Å². The Labute approximate surface area is 153 Å². The molecule has 26 heavy (non-hydrogen) atoms. The van der Waals surface area contributed by atoms with E-state index in [0.29, 0.717) is 32.8 Å². The van der Waals surface area contributed by atoms with E-state index in [1.54, 1.807) is 12.4 Å². The Balaban J connectivity index is 1.57. The van der Waals surface area contributed by atoms with E-state index in [1.807, 2.05) is 29.7 Å². The molecule has 3 rings (SSSR count). The van der Waals surface area contributed by atoms with E-state index in [2.05, 4.69) is 10.2 Å². The van der Waals surface area contributed by atoms with E-state index in [0.717, 1.165) is 24.8 Å². The Bertz CT molecular complexity index is 662. The van der Waals surface area contributed by atoms with Crippen molar-refractivity contribution in [3.63, 3.8) is 0 Å². The normalized spacial score (nSPS) is 20.5. The third-order valence-corrected chi connectivity index (χ3v) is 5.15. The molecular weight excluding hydrogens is 334 g/mol. The molecule has 2 aliphatic rings. The van der Waals surface area contributed by atoms with Gasteiger partial charge >= 0.3 is 0 Å². The van der Waals surface area contributed by atoms with Gasteiger partial charge in [0.15, 0.2) is 0 Å². The summed E-state index contributed by atoms with van der Waals surface area (Å²) in [4.78, 5) is 30.1. The fraction of sp³-hybridized carbons (Fsp3) is 0.667.